The molecule has 1 atom stereocenters. The molecule has 8 heteroatoms. The summed E-state index contributed by atoms with van der Waals surface area (Å²) in [5.74, 6) is -0.183. The number of pyridine rings is 2. The van der Waals surface area contributed by atoms with Crippen LogP contribution in [-0.4, -0.2) is 38.4 Å². The molecule has 0 bridgehead atoms. The molecule has 1 saturated carbocycles. The summed E-state index contributed by atoms with van der Waals surface area (Å²) in [7, 11) is 1.31. The molecule has 8 nitrogen and oxygen atoms in total. The number of Topliss-reactive ketones (excluding diaryl/α,β-unsaturated/α-hetero) is 1. The van der Waals surface area contributed by atoms with E-state index >= 15 is 0 Å². The maximum Gasteiger partial charge on any atom is 0.339 e. The van der Waals surface area contributed by atoms with Gasteiger partial charge in [0.05, 0.1) is 30.5 Å². The quantitative estimate of drug-likeness (QED) is 0.526. The van der Waals surface area contributed by atoms with Gasteiger partial charge in [0.1, 0.15) is 6.33 Å². The Balaban J connectivity index is 1.63. The summed E-state index contributed by atoms with van der Waals surface area (Å²) in [5.41, 5.74) is 0.980. The van der Waals surface area contributed by atoms with E-state index in [1.807, 2.05) is 0 Å². The summed E-state index contributed by atoms with van der Waals surface area (Å²) < 4.78 is 6.15. The molecule has 0 aromatic carbocycles. The number of ketones is 1. The Kier molecular flexibility index (Phi) is 6.68. The van der Waals surface area contributed by atoms with Crippen LogP contribution in [0.25, 0.3) is 11.0 Å². The van der Waals surface area contributed by atoms with E-state index in [0.717, 1.165) is 25.7 Å². The minimum Gasteiger partial charge on any atom is -0.465 e. The maximum atomic E-state index is 13.4. The summed E-state index contributed by atoms with van der Waals surface area (Å²) in [6.45, 7) is 0. The van der Waals surface area contributed by atoms with E-state index in [1.165, 1.54) is 30.6 Å². The van der Waals surface area contributed by atoms with Gasteiger partial charge in [-0.05, 0) is 36.6 Å². The van der Waals surface area contributed by atoms with Crippen molar-refractivity contribution in [1.29, 1.82) is 0 Å². The van der Waals surface area contributed by atoms with Crippen molar-refractivity contribution >= 4 is 22.8 Å². The monoisotopic (exact) mass is 434 g/mol. The van der Waals surface area contributed by atoms with Gasteiger partial charge in [0.15, 0.2) is 11.4 Å². The Morgan fingerprint density at radius 1 is 1.12 bits per heavy atom. The highest BCUT2D eigenvalue weighted by molar-refractivity contribution is 5.89. The molecule has 1 unspecified atom stereocenters. The van der Waals surface area contributed by atoms with Crippen molar-refractivity contribution in [3.05, 3.63) is 64.6 Å². The number of esters is 1. The molecule has 0 aliphatic heterocycles. The summed E-state index contributed by atoms with van der Waals surface area (Å²) in [5, 5.41) is 0.400. The van der Waals surface area contributed by atoms with Gasteiger partial charge in [-0.3, -0.25) is 19.1 Å². The lowest BCUT2D eigenvalue weighted by molar-refractivity contribution is -0.122. The number of hydrogen-bond donors (Lipinski definition) is 0. The molecule has 3 aromatic heterocycles. The molecule has 0 saturated heterocycles. The van der Waals surface area contributed by atoms with Gasteiger partial charge in [0.25, 0.3) is 5.56 Å². The Morgan fingerprint density at radius 3 is 2.66 bits per heavy atom. The molecule has 1 aliphatic rings. The largest absolute Gasteiger partial charge is 0.465 e. The van der Waals surface area contributed by atoms with Crippen LogP contribution in [0.5, 0.6) is 0 Å². The zero-order valence-corrected chi connectivity index (χ0v) is 18.1. The first kappa shape index (κ1) is 21.8. The van der Waals surface area contributed by atoms with Crippen LogP contribution in [0, 0.1) is 5.92 Å². The average Bonchev–Trinajstić information content (AvgIpc) is 2.84. The fourth-order valence-corrected chi connectivity index (χ4v) is 4.40. The van der Waals surface area contributed by atoms with Crippen molar-refractivity contribution in [1.82, 2.24) is 19.5 Å². The number of nitrogens with zero attached hydrogens (tertiary/aromatic N) is 4. The van der Waals surface area contributed by atoms with Crippen LogP contribution >= 0.6 is 0 Å². The van der Waals surface area contributed by atoms with Gasteiger partial charge in [0.2, 0.25) is 0 Å². The van der Waals surface area contributed by atoms with Crippen molar-refractivity contribution in [3.8, 4) is 0 Å². The molecule has 166 valence electrons. The molecule has 32 heavy (non-hydrogen) atoms. The predicted octanol–water partition coefficient (Wildman–Crippen LogP) is 3.30. The number of ether oxygens (including phenoxy) is 1. The molecule has 3 aromatic rings. The van der Waals surface area contributed by atoms with Crippen LogP contribution in [0.1, 0.15) is 60.6 Å². The highest BCUT2D eigenvalue weighted by atomic mass is 16.5. The van der Waals surface area contributed by atoms with Gasteiger partial charge < -0.3 is 4.74 Å². The molecule has 0 N–H and O–H groups in total. The number of hydrogen-bond acceptors (Lipinski definition) is 7. The van der Waals surface area contributed by atoms with Crippen LogP contribution in [-0.2, 0) is 16.0 Å². The highest BCUT2D eigenvalue weighted by Crippen LogP contribution is 2.31. The fourth-order valence-electron chi connectivity index (χ4n) is 4.40. The van der Waals surface area contributed by atoms with E-state index in [-0.39, 0.29) is 17.8 Å². The SMILES string of the molecule is COC(=O)c1ccc(CC(=O)C(CC2CCCCC2)n2cnc3ncccc3c2=O)nc1. The number of carbonyl (C=O) groups is 2. The molecule has 0 spiro atoms. The van der Waals surface area contributed by atoms with E-state index in [4.69, 9.17) is 4.74 Å². The molecule has 4 rings (SSSR count). The van der Waals surface area contributed by atoms with Crippen LogP contribution in [0.3, 0.4) is 0 Å². The number of methoxy groups -OCH3 is 1. The van der Waals surface area contributed by atoms with Crippen LogP contribution in [0.15, 0.2) is 47.8 Å². The molecule has 3 heterocycles. The number of carbonyl (C=O) groups excluding carboxylic acids is 2. The summed E-state index contributed by atoms with van der Waals surface area (Å²) >= 11 is 0. The van der Waals surface area contributed by atoms with Crippen LogP contribution in [0.4, 0.5) is 0 Å². The third kappa shape index (κ3) is 4.74. The van der Waals surface area contributed by atoms with Crippen molar-refractivity contribution < 1.29 is 14.3 Å². The first-order valence-electron chi connectivity index (χ1n) is 10.9. The Hall–Kier alpha value is -3.42. The minimum absolute atomic E-state index is 0.0658. The lowest BCUT2D eigenvalue weighted by Gasteiger charge is -2.27. The van der Waals surface area contributed by atoms with Gasteiger partial charge in [0, 0.05) is 18.1 Å². The average molecular weight is 434 g/mol. The summed E-state index contributed by atoms with van der Waals surface area (Å²) in [4.78, 5) is 50.9. The zero-order valence-electron chi connectivity index (χ0n) is 18.1. The van der Waals surface area contributed by atoms with Crippen molar-refractivity contribution in [2.75, 3.05) is 7.11 Å². The Bertz CT molecular complexity index is 1170. The third-order valence-electron chi connectivity index (χ3n) is 6.15. The van der Waals surface area contributed by atoms with Gasteiger partial charge in [-0.2, -0.15) is 0 Å². The molecule has 0 amide bonds. The second-order valence-corrected chi connectivity index (χ2v) is 8.26. The topological polar surface area (TPSA) is 104 Å². The Labute approximate surface area is 185 Å². The predicted molar refractivity (Wildman–Crippen MR) is 118 cm³/mol. The fraction of sp³-hybridized carbons (Fsp3) is 0.417. The first-order valence-corrected chi connectivity index (χ1v) is 10.9. The molecular formula is C24H26N4O4. The van der Waals surface area contributed by atoms with E-state index in [1.54, 1.807) is 30.5 Å². The van der Waals surface area contributed by atoms with Gasteiger partial charge >= 0.3 is 5.97 Å². The standard InChI is InChI=1S/C24H26N4O4/c1-32-24(31)17-9-10-18(26-14-17)13-21(29)20(12-16-6-3-2-4-7-16)28-15-27-22-19(23(28)30)8-5-11-25-22/h5,8-11,14-16,20H,2-4,6-7,12-13H2,1H3. The van der Waals surface area contributed by atoms with Crippen LogP contribution < -0.4 is 5.56 Å². The lowest BCUT2D eigenvalue weighted by Crippen LogP contribution is -2.33. The smallest absolute Gasteiger partial charge is 0.339 e. The van der Waals surface area contributed by atoms with Gasteiger partial charge in [-0.15, -0.1) is 0 Å². The van der Waals surface area contributed by atoms with Crippen LogP contribution in [0.2, 0.25) is 0 Å². The normalized spacial score (nSPS) is 15.4. The van der Waals surface area contributed by atoms with E-state index in [0.29, 0.717) is 34.6 Å². The van der Waals surface area contributed by atoms with E-state index in [2.05, 4.69) is 15.0 Å². The summed E-state index contributed by atoms with van der Waals surface area (Å²) in [6.07, 6.45) is 10.7. The second kappa shape index (κ2) is 9.80. The van der Waals surface area contributed by atoms with Gasteiger partial charge in [-0.1, -0.05) is 32.1 Å². The first-order chi connectivity index (χ1) is 15.6. The van der Waals surface area contributed by atoms with Crippen molar-refractivity contribution in [3.63, 3.8) is 0 Å². The molecule has 0 radical (unpaired) electrons. The Morgan fingerprint density at radius 2 is 1.94 bits per heavy atom. The molecule has 1 aliphatic carbocycles. The number of fused-ring (bicyclic) bond motifs is 1. The summed E-state index contributed by atoms with van der Waals surface area (Å²) in [6, 6.07) is 5.99. The zero-order chi connectivity index (χ0) is 22.5. The van der Waals surface area contributed by atoms with Gasteiger partial charge in [-0.25, -0.2) is 14.8 Å². The van der Waals surface area contributed by atoms with Crippen molar-refractivity contribution in [2.24, 2.45) is 5.92 Å². The van der Waals surface area contributed by atoms with E-state index < -0.39 is 12.0 Å². The number of rotatable bonds is 7. The maximum absolute atomic E-state index is 13.4. The lowest BCUT2D eigenvalue weighted by atomic mass is 9.83. The second-order valence-electron chi connectivity index (χ2n) is 8.26. The molecule has 1 fully saturated rings. The molecular weight excluding hydrogens is 408 g/mol. The highest BCUT2D eigenvalue weighted by Gasteiger charge is 2.27. The third-order valence-corrected chi connectivity index (χ3v) is 6.15. The van der Waals surface area contributed by atoms with E-state index in [9.17, 15) is 14.4 Å². The number of aromatic nitrogens is 4. The van der Waals surface area contributed by atoms with Crippen molar-refractivity contribution in [2.45, 2.75) is 51.0 Å². The minimum atomic E-state index is -0.621.